The summed E-state index contributed by atoms with van der Waals surface area (Å²) in [5.41, 5.74) is 0.666. The number of hydrogen-bond donors (Lipinski definition) is 1. The molecule has 0 aromatic heterocycles. The molecule has 0 saturated heterocycles. The van der Waals surface area contributed by atoms with Gasteiger partial charge < -0.3 is 5.32 Å². The first-order valence-electron chi connectivity index (χ1n) is 6.43. The molecular formula is C16H20N2O. The summed E-state index contributed by atoms with van der Waals surface area (Å²) in [5, 5.41) is 11.6. The zero-order valence-corrected chi connectivity index (χ0v) is 11.4. The van der Waals surface area contributed by atoms with Crippen LogP contribution < -0.4 is 5.32 Å². The van der Waals surface area contributed by atoms with Crippen molar-refractivity contribution >= 4 is 5.91 Å². The van der Waals surface area contributed by atoms with E-state index in [2.05, 4.69) is 30.6 Å². The summed E-state index contributed by atoms with van der Waals surface area (Å²) in [6.07, 6.45) is 10.8. The van der Waals surface area contributed by atoms with Crippen molar-refractivity contribution in [3.63, 3.8) is 0 Å². The fourth-order valence-corrected chi connectivity index (χ4v) is 1.50. The smallest absolute Gasteiger partial charge is 0.251 e. The Labute approximate surface area is 115 Å². The zero-order valence-electron chi connectivity index (χ0n) is 11.4. The maximum absolute atomic E-state index is 11.8. The Balaban J connectivity index is 2.39. The van der Waals surface area contributed by atoms with Crippen LogP contribution in [0.25, 0.3) is 0 Å². The molecule has 3 heteroatoms. The second-order valence-electron chi connectivity index (χ2n) is 4.77. The Morgan fingerprint density at radius 1 is 1.42 bits per heavy atom. The van der Waals surface area contributed by atoms with Gasteiger partial charge in [-0.1, -0.05) is 37.0 Å². The molecule has 1 rings (SSSR count). The third-order valence-corrected chi connectivity index (χ3v) is 3.00. The lowest BCUT2D eigenvalue weighted by atomic mass is 10.1. The summed E-state index contributed by atoms with van der Waals surface area (Å²) in [6.45, 7) is 9.60. The minimum Gasteiger partial charge on any atom is -0.334 e. The van der Waals surface area contributed by atoms with Gasteiger partial charge in [-0.25, -0.2) is 0 Å². The van der Waals surface area contributed by atoms with E-state index >= 15 is 0 Å². The van der Waals surface area contributed by atoms with Crippen LogP contribution in [0.2, 0.25) is 0 Å². The highest BCUT2D eigenvalue weighted by molar-refractivity contribution is 5.96. The van der Waals surface area contributed by atoms with Gasteiger partial charge in [-0.05, 0) is 38.7 Å². The fraction of sp³-hybridized carbons (Fsp3) is 0.375. The van der Waals surface area contributed by atoms with E-state index in [9.17, 15) is 4.79 Å². The van der Waals surface area contributed by atoms with Crippen molar-refractivity contribution in [1.29, 1.82) is 5.26 Å². The van der Waals surface area contributed by atoms with E-state index in [0.717, 1.165) is 31.3 Å². The van der Waals surface area contributed by atoms with E-state index in [-0.39, 0.29) is 5.91 Å². The highest BCUT2D eigenvalue weighted by atomic mass is 16.1. The van der Waals surface area contributed by atoms with Crippen LogP contribution in [0, 0.1) is 11.3 Å². The molecule has 0 aromatic carbocycles. The van der Waals surface area contributed by atoms with Gasteiger partial charge in [-0.3, -0.25) is 4.79 Å². The summed E-state index contributed by atoms with van der Waals surface area (Å²) in [7, 11) is 0. The lowest BCUT2D eigenvalue weighted by Gasteiger charge is -2.08. The quantitative estimate of drug-likeness (QED) is 0.432. The number of allylic oxidation sites excluding steroid dienone is 4. The predicted molar refractivity (Wildman–Crippen MR) is 77.2 cm³/mol. The number of nitrogens with zero attached hydrogens (tertiary/aromatic N) is 1. The van der Waals surface area contributed by atoms with Gasteiger partial charge in [0.2, 0.25) is 0 Å². The molecule has 19 heavy (non-hydrogen) atoms. The molecule has 0 aromatic rings. The molecule has 100 valence electrons. The summed E-state index contributed by atoms with van der Waals surface area (Å²) in [5.74, 6) is -0.281. The number of rotatable bonds is 7. The third-order valence-electron chi connectivity index (χ3n) is 3.00. The number of nitriles is 1. The Morgan fingerprint density at radius 2 is 2.11 bits per heavy atom. The highest BCUT2D eigenvalue weighted by Crippen LogP contribution is 2.34. The second-order valence-corrected chi connectivity index (χ2v) is 4.77. The topological polar surface area (TPSA) is 52.9 Å². The summed E-state index contributed by atoms with van der Waals surface area (Å²) in [6, 6.07) is 2.12. The van der Waals surface area contributed by atoms with Crippen molar-refractivity contribution in [2.24, 2.45) is 0 Å². The molecule has 0 spiro atoms. The van der Waals surface area contributed by atoms with Crippen LogP contribution in [0.3, 0.4) is 0 Å². The van der Waals surface area contributed by atoms with Crippen molar-refractivity contribution < 1.29 is 4.79 Å². The summed E-state index contributed by atoms with van der Waals surface area (Å²) in [4.78, 5) is 11.8. The van der Waals surface area contributed by atoms with E-state index < -0.39 is 5.54 Å². The first kappa shape index (κ1) is 15.0. The maximum atomic E-state index is 11.8. The van der Waals surface area contributed by atoms with E-state index in [1.165, 1.54) is 0 Å². The van der Waals surface area contributed by atoms with Crippen LogP contribution >= 0.6 is 0 Å². The zero-order chi connectivity index (χ0) is 14.3. The number of carbonyl (C=O) groups excluding carboxylic acids is 1. The molecule has 1 aliphatic rings. The first-order valence-corrected chi connectivity index (χ1v) is 6.43. The minimum atomic E-state index is -0.642. The average Bonchev–Trinajstić information content (AvgIpc) is 3.16. The normalized spacial score (nSPS) is 16.2. The SMILES string of the molecule is C=C(C=CC(=C)C(=O)NC1(C#N)CC1)CCC=CC. The fourth-order valence-electron chi connectivity index (χ4n) is 1.50. The van der Waals surface area contributed by atoms with Crippen LogP contribution in [0.5, 0.6) is 0 Å². The van der Waals surface area contributed by atoms with Crippen molar-refractivity contribution in [2.45, 2.75) is 38.1 Å². The van der Waals surface area contributed by atoms with Gasteiger partial charge in [0, 0.05) is 5.57 Å². The van der Waals surface area contributed by atoms with Crippen LogP contribution in [0.15, 0.2) is 48.6 Å². The van der Waals surface area contributed by atoms with Crippen LogP contribution in [-0.2, 0) is 4.79 Å². The number of carbonyl (C=O) groups is 1. The van der Waals surface area contributed by atoms with E-state index in [4.69, 9.17) is 5.26 Å². The lowest BCUT2D eigenvalue weighted by molar-refractivity contribution is -0.117. The van der Waals surface area contributed by atoms with Crippen LogP contribution in [0.1, 0.15) is 32.6 Å². The maximum Gasteiger partial charge on any atom is 0.251 e. The van der Waals surface area contributed by atoms with Crippen molar-refractivity contribution in [2.75, 3.05) is 0 Å². The Morgan fingerprint density at radius 3 is 2.63 bits per heavy atom. The standard InChI is InChI=1S/C16H20N2O/c1-4-5-6-7-13(2)8-9-14(3)15(19)18-16(12-17)10-11-16/h4-5,8-9H,2-3,6-7,10-11H2,1H3,(H,18,19). The van der Waals surface area contributed by atoms with E-state index in [0.29, 0.717) is 5.57 Å². The molecule has 1 aliphatic carbocycles. The Hall–Kier alpha value is -2.08. The molecule has 1 saturated carbocycles. The van der Waals surface area contributed by atoms with Crippen molar-refractivity contribution in [3.8, 4) is 6.07 Å². The van der Waals surface area contributed by atoms with E-state index in [1.54, 1.807) is 12.2 Å². The van der Waals surface area contributed by atoms with Gasteiger partial charge in [0.05, 0.1) is 6.07 Å². The van der Waals surface area contributed by atoms with Crippen LogP contribution in [0.4, 0.5) is 0 Å². The average molecular weight is 256 g/mol. The molecule has 1 fully saturated rings. The molecule has 1 amide bonds. The number of hydrogen-bond acceptors (Lipinski definition) is 2. The molecule has 0 unspecified atom stereocenters. The Bertz CT molecular complexity index is 473. The largest absolute Gasteiger partial charge is 0.334 e. The van der Waals surface area contributed by atoms with Crippen molar-refractivity contribution in [1.82, 2.24) is 5.32 Å². The third kappa shape index (κ3) is 4.97. The molecule has 0 heterocycles. The van der Waals surface area contributed by atoms with Crippen molar-refractivity contribution in [3.05, 3.63) is 48.6 Å². The monoisotopic (exact) mass is 256 g/mol. The predicted octanol–water partition coefficient (Wildman–Crippen LogP) is 3.18. The van der Waals surface area contributed by atoms with Crippen LogP contribution in [-0.4, -0.2) is 11.4 Å². The number of nitrogens with one attached hydrogen (secondary N) is 1. The molecule has 1 N–H and O–H groups in total. The molecule has 0 atom stereocenters. The van der Waals surface area contributed by atoms with Gasteiger partial charge in [0.1, 0.15) is 5.54 Å². The van der Waals surface area contributed by atoms with Gasteiger partial charge in [0.25, 0.3) is 5.91 Å². The minimum absolute atomic E-state index is 0.281. The lowest BCUT2D eigenvalue weighted by Crippen LogP contribution is -2.35. The molecular weight excluding hydrogens is 236 g/mol. The molecule has 3 nitrogen and oxygen atoms in total. The van der Waals surface area contributed by atoms with Gasteiger partial charge >= 0.3 is 0 Å². The second kappa shape index (κ2) is 6.75. The first-order chi connectivity index (χ1) is 9.03. The molecule has 0 bridgehead atoms. The van der Waals surface area contributed by atoms with Gasteiger partial charge in [-0.15, -0.1) is 0 Å². The van der Waals surface area contributed by atoms with Gasteiger partial charge in [0.15, 0.2) is 0 Å². The molecule has 0 aliphatic heterocycles. The number of amides is 1. The highest BCUT2D eigenvalue weighted by Gasteiger charge is 2.44. The Kier molecular flexibility index (Phi) is 5.32. The molecule has 0 radical (unpaired) electrons. The van der Waals surface area contributed by atoms with E-state index in [1.807, 2.05) is 13.0 Å². The van der Waals surface area contributed by atoms with Gasteiger partial charge in [-0.2, -0.15) is 5.26 Å². The summed E-state index contributed by atoms with van der Waals surface area (Å²) >= 11 is 0. The summed E-state index contributed by atoms with van der Waals surface area (Å²) < 4.78 is 0.